The summed E-state index contributed by atoms with van der Waals surface area (Å²) in [5.41, 5.74) is 1.68. The number of hydrogen-bond acceptors (Lipinski definition) is 3. The number of halogens is 1. The van der Waals surface area contributed by atoms with Crippen molar-refractivity contribution < 1.29 is 14.0 Å². The zero-order chi connectivity index (χ0) is 16.4. The smallest absolute Gasteiger partial charge is 0.274 e. The summed E-state index contributed by atoms with van der Waals surface area (Å²) in [6.45, 7) is 2.83. The summed E-state index contributed by atoms with van der Waals surface area (Å²) in [4.78, 5) is 26.7. The Morgan fingerprint density at radius 2 is 2.04 bits per heavy atom. The van der Waals surface area contributed by atoms with Crippen molar-refractivity contribution in [3.8, 4) is 0 Å². The van der Waals surface area contributed by atoms with Crippen molar-refractivity contribution in [2.75, 3.05) is 13.1 Å². The molecule has 0 saturated carbocycles. The standard InChI is InChI=1S/C17H18FN3O2/c1-11-9-15(20-19-11)17(23)21-8-2-3-13(10-21)16(22)12-4-6-14(18)7-5-12/h4-7,9,13H,2-3,8,10H2,1H3,(H,19,20)/t13-/m0/s1. The summed E-state index contributed by atoms with van der Waals surface area (Å²) in [5.74, 6) is -0.819. The molecule has 1 N–H and O–H groups in total. The molecule has 0 bridgehead atoms. The Hall–Kier alpha value is -2.50. The number of ketones is 1. The first-order chi connectivity index (χ1) is 11.0. The first-order valence-electron chi connectivity index (χ1n) is 7.65. The number of H-pyrrole nitrogens is 1. The number of carbonyl (C=O) groups is 2. The molecule has 2 heterocycles. The van der Waals surface area contributed by atoms with E-state index in [1.165, 1.54) is 24.3 Å². The van der Waals surface area contributed by atoms with E-state index in [1.54, 1.807) is 11.0 Å². The summed E-state index contributed by atoms with van der Waals surface area (Å²) in [5, 5.41) is 6.74. The highest BCUT2D eigenvalue weighted by Gasteiger charge is 2.30. The molecule has 120 valence electrons. The average Bonchev–Trinajstić information content (AvgIpc) is 3.01. The third kappa shape index (κ3) is 3.31. The number of Topliss-reactive ketones (excluding diaryl/α,β-unsaturated/α-hetero) is 1. The van der Waals surface area contributed by atoms with Gasteiger partial charge in [0.2, 0.25) is 0 Å². The number of amides is 1. The lowest BCUT2D eigenvalue weighted by molar-refractivity contribution is 0.0632. The Kier molecular flexibility index (Phi) is 4.23. The van der Waals surface area contributed by atoms with Gasteiger partial charge >= 0.3 is 0 Å². The second kappa shape index (κ2) is 6.32. The molecule has 0 aliphatic carbocycles. The molecule has 0 radical (unpaired) electrons. The van der Waals surface area contributed by atoms with Gasteiger partial charge in [0.15, 0.2) is 5.78 Å². The molecule has 1 aliphatic heterocycles. The quantitative estimate of drug-likeness (QED) is 0.885. The minimum Gasteiger partial charge on any atom is -0.337 e. The molecule has 23 heavy (non-hydrogen) atoms. The fourth-order valence-electron chi connectivity index (χ4n) is 2.92. The van der Waals surface area contributed by atoms with Gasteiger partial charge in [0.25, 0.3) is 5.91 Å². The van der Waals surface area contributed by atoms with Crippen molar-refractivity contribution in [1.29, 1.82) is 0 Å². The van der Waals surface area contributed by atoms with Gasteiger partial charge in [-0.15, -0.1) is 0 Å². The lowest BCUT2D eigenvalue weighted by atomic mass is 9.90. The van der Waals surface area contributed by atoms with E-state index in [2.05, 4.69) is 10.2 Å². The number of carbonyl (C=O) groups excluding carboxylic acids is 2. The predicted octanol–water partition coefficient (Wildman–Crippen LogP) is 2.59. The molecule has 0 spiro atoms. The van der Waals surface area contributed by atoms with Crippen LogP contribution in [0.1, 0.15) is 39.4 Å². The molecule has 3 rings (SSSR count). The molecule has 1 fully saturated rings. The van der Waals surface area contributed by atoms with Crippen LogP contribution < -0.4 is 0 Å². The monoisotopic (exact) mass is 315 g/mol. The number of aryl methyl sites for hydroxylation is 1. The molecule has 6 heteroatoms. The number of likely N-dealkylation sites (tertiary alicyclic amines) is 1. The van der Waals surface area contributed by atoms with Crippen molar-refractivity contribution in [3.05, 3.63) is 53.1 Å². The van der Waals surface area contributed by atoms with Crippen LogP contribution in [-0.4, -0.2) is 39.9 Å². The maximum absolute atomic E-state index is 13.0. The number of nitrogens with zero attached hydrogens (tertiary/aromatic N) is 2. The third-order valence-electron chi connectivity index (χ3n) is 4.13. The molecule has 1 aliphatic rings. The highest BCUT2D eigenvalue weighted by atomic mass is 19.1. The highest BCUT2D eigenvalue weighted by Crippen LogP contribution is 2.22. The molecule has 5 nitrogen and oxygen atoms in total. The number of hydrogen-bond donors (Lipinski definition) is 1. The van der Waals surface area contributed by atoms with Crippen molar-refractivity contribution >= 4 is 11.7 Å². The Morgan fingerprint density at radius 3 is 2.70 bits per heavy atom. The van der Waals surface area contributed by atoms with Crippen molar-refractivity contribution in [3.63, 3.8) is 0 Å². The zero-order valence-electron chi connectivity index (χ0n) is 12.9. The van der Waals surface area contributed by atoms with Crippen molar-refractivity contribution in [1.82, 2.24) is 15.1 Å². The fourth-order valence-corrected chi connectivity index (χ4v) is 2.92. The summed E-state index contributed by atoms with van der Waals surface area (Å²) in [6.07, 6.45) is 1.51. The van der Waals surface area contributed by atoms with Gasteiger partial charge in [0, 0.05) is 30.3 Å². The van der Waals surface area contributed by atoms with Crippen molar-refractivity contribution in [2.24, 2.45) is 5.92 Å². The van der Waals surface area contributed by atoms with Gasteiger partial charge in [-0.1, -0.05) is 0 Å². The number of benzene rings is 1. The molecule has 1 aromatic heterocycles. The molecule has 1 amide bonds. The van der Waals surface area contributed by atoms with Gasteiger partial charge in [-0.05, 0) is 50.1 Å². The molecular weight excluding hydrogens is 297 g/mol. The van der Waals surface area contributed by atoms with Crippen molar-refractivity contribution in [2.45, 2.75) is 19.8 Å². The minimum atomic E-state index is -0.365. The third-order valence-corrected chi connectivity index (χ3v) is 4.13. The van der Waals surface area contributed by atoms with Crippen LogP contribution in [0.2, 0.25) is 0 Å². The summed E-state index contributed by atoms with van der Waals surface area (Å²) < 4.78 is 13.0. The van der Waals surface area contributed by atoms with Crippen LogP contribution in [-0.2, 0) is 0 Å². The van der Waals surface area contributed by atoms with E-state index in [4.69, 9.17) is 0 Å². The van der Waals surface area contributed by atoms with Crippen LogP contribution in [0.3, 0.4) is 0 Å². The van der Waals surface area contributed by atoms with E-state index < -0.39 is 0 Å². The Bertz CT molecular complexity index is 724. The Balaban J connectivity index is 1.71. The van der Waals surface area contributed by atoms with Crippen LogP contribution in [0.25, 0.3) is 0 Å². The van der Waals surface area contributed by atoms with E-state index in [9.17, 15) is 14.0 Å². The average molecular weight is 315 g/mol. The normalized spacial score (nSPS) is 18.0. The van der Waals surface area contributed by atoms with E-state index in [1.807, 2.05) is 6.92 Å². The number of aromatic nitrogens is 2. The summed E-state index contributed by atoms with van der Waals surface area (Å²) >= 11 is 0. The van der Waals surface area contributed by atoms with Crippen LogP contribution >= 0.6 is 0 Å². The van der Waals surface area contributed by atoms with E-state index in [0.717, 1.165) is 18.5 Å². The Labute approximate surface area is 133 Å². The van der Waals surface area contributed by atoms with E-state index >= 15 is 0 Å². The van der Waals surface area contributed by atoms with Gasteiger partial charge in [0.05, 0.1) is 0 Å². The first-order valence-corrected chi connectivity index (χ1v) is 7.65. The summed E-state index contributed by atoms with van der Waals surface area (Å²) in [7, 11) is 0. The zero-order valence-corrected chi connectivity index (χ0v) is 12.9. The number of nitrogens with one attached hydrogen (secondary N) is 1. The van der Waals surface area contributed by atoms with Crippen LogP contribution in [0.15, 0.2) is 30.3 Å². The largest absolute Gasteiger partial charge is 0.337 e. The fraction of sp³-hybridized carbons (Fsp3) is 0.353. The van der Waals surface area contributed by atoms with Gasteiger partial charge in [-0.3, -0.25) is 14.7 Å². The minimum absolute atomic E-state index is 0.0410. The predicted molar refractivity (Wildman–Crippen MR) is 82.7 cm³/mol. The van der Waals surface area contributed by atoms with Gasteiger partial charge in [-0.25, -0.2) is 4.39 Å². The van der Waals surface area contributed by atoms with Crippen LogP contribution in [0, 0.1) is 18.7 Å². The second-order valence-electron chi connectivity index (χ2n) is 5.90. The first kappa shape index (κ1) is 15.4. The van der Waals surface area contributed by atoms with Gasteiger partial charge in [-0.2, -0.15) is 5.10 Å². The maximum atomic E-state index is 13.0. The molecule has 0 unspecified atom stereocenters. The topological polar surface area (TPSA) is 66.1 Å². The second-order valence-corrected chi connectivity index (χ2v) is 5.90. The lowest BCUT2D eigenvalue weighted by Crippen LogP contribution is -2.42. The van der Waals surface area contributed by atoms with E-state index in [0.29, 0.717) is 24.3 Å². The van der Waals surface area contributed by atoms with Crippen LogP contribution in [0.5, 0.6) is 0 Å². The van der Waals surface area contributed by atoms with Crippen LogP contribution in [0.4, 0.5) is 4.39 Å². The number of piperidine rings is 1. The molecule has 1 aromatic carbocycles. The van der Waals surface area contributed by atoms with Gasteiger partial charge < -0.3 is 4.90 Å². The molecule has 2 aromatic rings. The van der Waals surface area contributed by atoms with Gasteiger partial charge in [0.1, 0.15) is 11.5 Å². The SMILES string of the molecule is Cc1cc(C(=O)N2CCC[C@H](C(=O)c3ccc(F)cc3)C2)n[nH]1. The highest BCUT2D eigenvalue weighted by molar-refractivity contribution is 5.99. The molecule has 1 saturated heterocycles. The Morgan fingerprint density at radius 1 is 1.30 bits per heavy atom. The molecule has 1 atom stereocenters. The lowest BCUT2D eigenvalue weighted by Gasteiger charge is -2.31. The maximum Gasteiger partial charge on any atom is 0.274 e. The summed E-state index contributed by atoms with van der Waals surface area (Å²) in [6, 6.07) is 7.26. The number of aromatic amines is 1. The molecular formula is C17H18FN3O2. The number of rotatable bonds is 3. The van der Waals surface area contributed by atoms with E-state index in [-0.39, 0.29) is 23.4 Å².